The molecule has 3 aromatic rings. The van der Waals surface area contributed by atoms with Crippen LogP contribution in [0.15, 0.2) is 60.7 Å². The standard InChI is InChI=1S/C20H19FN4O3/c1-27-17-7-5-14(6-8-17)18-9-10-19(25-24-18)28-12-11-22-20(26)23-16-4-2-3-15(21)13-16/h2-10,13H,11-12H2,1H3,(H2,22,23,26). The number of urea groups is 1. The Hall–Kier alpha value is -3.68. The minimum absolute atomic E-state index is 0.215. The third-order valence-corrected chi connectivity index (χ3v) is 3.75. The molecule has 1 heterocycles. The van der Waals surface area contributed by atoms with Crippen molar-refractivity contribution in [2.75, 3.05) is 25.6 Å². The van der Waals surface area contributed by atoms with Crippen LogP contribution in [0.2, 0.25) is 0 Å². The number of rotatable bonds is 7. The highest BCUT2D eigenvalue weighted by molar-refractivity contribution is 5.89. The minimum atomic E-state index is -0.449. The number of carbonyl (C=O) groups excluding carboxylic acids is 1. The van der Waals surface area contributed by atoms with E-state index in [0.29, 0.717) is 17.3 Å². The molecule has 0 atom stereocenters. The van der Waals surface area contributed by atoms with Crippen molar-refractivity contribution in [3.63, 3.8) is 0 Å². The highest BCUT2D eigenvalue weighted by atomic mass is 19.1. The van der Waals surface area contributed by atoms with E-state index in [1.54, 1.807) is 25.3 Å². The van der Waals surface area contributed by atoms with Crippen LogP contribution in [0.1, 0.15) is 0 Å². The van der Waals surface area contributed by atoms with E-state index in [4.69, 9.17) is 9.47 Å². The number of hydrogen-bond acceptors (Lipinski definition) is 5. The van der Waals surface area contributed by atoms with E-state index in [1.165, 1.54) is 18.2 Å². The van der Waals surface area contributed by atoms with Crippen molar-refractivity contribution < 1.29 is 18.7 Å². The lowest BCUT2D eigenvalue weighted by Crippen LogP contribution is -2.32. The Bertz CT molecular complexity index is 917. The number of ether oxygens (including phenoxy) is 2. The summed E-state index contributed by atoms with van der Waals surface area (Å²) in [4.78, 5) is 11.7. The van der Waals surface area contributed by atoms with Gasteiger partial charge in [0.05, 0.1) is 19.3 Å². The van der Waals surface area contributed by atoms with Gasteiger partial charge < -0.3 is 20.1 Å². The summed E-state index contributed by atoms with van der Waals surface area (Å²) < 4.78 is 23.7. The quantitative estimate of drug-likeness (QED) is 0.611. The van der Waals surface area contributed by atoms with Crippen LogP contribution < -0.4 is 20.1 Å². The highest BCUT2D eigenvalue weighted by Gasteiger charge is 2.04. The first kappa shape index (κ1) is 19.1. The average Bonchev–Trinajstić information content (AvgIpc) is 2.72. The molecule has 0 radical (unpaired) electrons. The van der Waals surface area contributed by atoms with Crippen LogP contribution >= 0.6 is 0 Å². The van der Waals surface area contributed by atoms with Crippen molar-refractivity contribution in [2.24, 2.45) is 0 Å². The fourth-order valence-corrected chi connectivity index (χ4v) is 2.37. The summed E-state index contributed by atoms with van der Waals surface area (Å²) >= 11 is 0. The number of halogens is 1. The van der Waals surface area contributed by atoms with Crippen molar-refractivity contribution >= 4 is 11.7 Å². The molecule has 1 aromatic heterocycles. The van der Waals surface area contributed by atoms with Crippen molar-refractivity contribution in [2.45, 2.75) is 0 Å². The third-order valence-electron chi connectivity index (χ3n) is 3.75. The fraction of sp³-hybridized carbons (Fsp3) is 0.150. The first-order valence-electron chi connectivity index (χ1n) is 8.55. The Balaban J connectivity index is 1.42. The molecule has 0 aliphatic rings. The first-order chi connectivity index (χ1) is 13.6. The van der Waals surface area contributed by atoms with Crippen LogP contribution in [0.4, 0.5) is 14.9 Å². The SMILES string of the molecule is COc1ccc(-c2ccc(OCCNC(=O)Nc3cccc(F)c3)nn2)cc1. The van der Waals surface area contributed by atoms with Gasteiger partial charge in [0.2, 0.25) is 5.88 Å². The molecule has 0 saturated heterocycles. The van der Waals surface area contributed by atoms with Gasteiger partial charge in [-0.2, -0.15) is 0 Å². The Morgan fingerprint density at radius 3 is 2.57 bits per heavy atom. The van der Waals surface area contributed by atoms with Crippen LogP contribution in [0.3, 0.4) is 0 Å². The van der Waals surface area contributed by atoms with Gasteiger partial charge in [-0.15, -0.1) is 10.2 Å². The molecule has 0 unspecified atom stereocenters. The number of benzene rings is 2. The largest absolute Gasteiger partial charge is 0.497 e. The second-order valence-electron chi connectivity index (χ2n) is 5.73. The summed E-state index contributed by atoms with van der Waals surface area (Å²) in [6, 6.07) is 16.2. The molecule has 0 aliphatic carbocycles. The smallest absolute Gasteiger partial charge is 0.319 e. The Kier molecular flexibility index (Phi) is 6.35. The number of hydrogen-bond donors (Lipinski definition) is 2. The summed E-state index contributed by atoms with van der Waals surface area (Å²) in [5, 5.41) is 13.3. The number of carbonyl (C=O) groups is 1. The predicted octanol–water partition coefficient (Wildman–Crippen LogP) is 3.49. The second-order valence-corrected chi connectivity index (χ2v) is 5.73. The molecular formula is C20H19FN4O3. The summed E-state index contributed by atoms with van der Waals surface area (Å²) in [5.74, 6) is 0.702. The number of methoxy groups -OCH3 is 1. The van der Waals surface area contributed by atoms with Gasteiger partial charge in [0.25, 0.3) is 0 Å². The van der Waals surface area contributed by atoms with Crippen molar-refractivity contribution in [1.82, 2.24) is 15.5 Å². The minimum Gasteiger partial charge on any atom is -0.497 e. The molecule has 0 spiro atoms. The van der Waals surface area contributed by atoms with E-state index < -0.39 is 11.8 Å². The molecule has 0 saturated carbocycles. The van der Waals surface area contributed by atoms with Crippen molar-refractivity contribution in [3.8, 4) is 22.9 Å². The average molecular weight is 382 g/mol. The monoisotopic (exact) mass is 382 g/mol. The number of nitrogens with zero attached hydrogens (tertiary/aromatic N) is 2. The zero-order valence-electron chi connectivity index (χ0n) is 15.2. The van der Waals surface area contributed by atoms with Gasteiger partial charge in [0, 0.05) is 17.3 Å². The van der Waals surface area contributed by atoms with Crippen LogP contribution in [0.5, 0.6) is 11.6 Å². The maximum Gasteiger partial charge on any atom is 0.319 e. The van der Waals surface area contributed by atoms with Gasteiger partial charge in [0.15, 0.2) is 0 Å². The molecule has 3 rings (SSSR count). The van der Waals surface area contributed by atoms with Crippen molar-refractivity contribution in [3.05, 3.63) is 66.5 Å². The molecule has 0 bridgehead atoms. The van der Waals surface area contributed by atoms with Crippen LogP contribution in [-0.2, 0) is 0 Å². The van der Waals surface area contributed by atoms with Gasteiger partial charge in [-0.25, -0.2) is 9.18 Å². The van der Waals surface area contributed by atoms with Crippen molar-refractivity contribution in [1.29, 1.82) is 0 Å². The number of nitrogens with one attached hydrogen (secondary N) is 2. The Morgan fingerprint density at radius 2 is 1.89 bits per heavy atom. The lowest BCUT2D eigenvalue weighted by atomic mass is 10.1. The molecule has 2 aromatic carbocycles. The molecule has 2 amide bonds. The van der Waals surface area contributed by atoms with Gasteiger partial charge in [-0.1, -0.05) is 6.07 Å². The summed E-state index contributed by atoms with van der Waals surface area (Å²) in [7, 11) is 1.61. The highest BCUT2D eigenvalue weighted by Crippen LogP contribution is 2.21. The number of amides is 2. The molecular weight excluding hydrogens is 363 g/mol. The Labute approximate surface area is 161 Å². The fourth-order valence-electron chi connectivity index (χ4n) is 2.37. The normalized spacial score (nSPS) is 10.2. The maximum absolute atomic E-state index is 13.1. The van der Waals surface area contributed by atoms with Gasteiger partial charge in [0.1, 0.15) is 18.2 Å². The van der Waals surface area contributed by atoms with E-state index >= 15 is 0 Å². The molecule has 7 nitrogen and oxygen atoms in total. The lowest BCUT2D eigenvalue weighted by Gasteiger charge is -2.09. The van der Waals surface area contributed by atoms with Gasteiger partial charge >= 0.3 is 6.03 Å². The molecule has 2 N–H and O–H groups in total. The topological polar surface area (TPSA) is 85.4 Å². The number of aromatic nitrogens is 2. The van der Waals surface area contributed by atoms with E-state index in [-0.39, 0.29) is 13.2 Å². The van der Waals surface area contributed by atoms with E-state index in [9.17, 15) is 9.18 Å². The van der Waals surface area contributed by atoms with Crippen LogP contribution in [-0.4, -0.2) is 36.5 Å². The van der Waals surface area contributed by atoms with Gasteiger partial charge in [-0.3, -0.25) is 0 Å². The van der Waals surface area contributed by atoms with Gasteiger partial charge in [-0.05, 0) is 48.5 Å². The summed E-state index contributed by atoms with van der Waals surface area (Å²) in [6.45, 7) is 0.468. The van der Waals surface area contributed by atoms with E-state index in [1.807, 2.05) is 24.3 Å². The lowest BCUT2D eigenvalue weighted by molar-refractivity contribution is 0.246. The zero-order chi connectivity index (χ0) is 19.8. The van der Waals surface area contributed by atoms with E-state index in [2.05, 4.69) is 20.8 Å². The summed E-state index contributed by atoms with van der Waals surface area (Å²) in [5.41, 5.74) is 2.00. The first-order valence-corrected chi connectivity index (χ1v) is 8.55. The Morgan fingerprint density at radius 1 is 1.07 bits per heavy atom. The third kappa shape index (κ3) is 5.41. The van der Waals surface area contributed by atoms with E-state index in [0.717, 1.165) is 11.3 Å². The maximum atomic E-state index is 13.1. The zero-order valence-corrected chi connectivity index (χ0v) is 15.2. The molecule has 0 aliphatic heterocycles. The van der Waals surface area contributed by atoms with Crippen LogP contribution in [0, 0.1) is 5.82 Å². The second kappa shape index (κ2) is 9.31. The molecule has 144 valence electrons. The predicted molar refractivity (Wildman–Crippen MR) is 103 cm³/mol. The molecule has 0 fully saturated rings. The molecule has 8 heteroatoms. The summed E-state index contributed by atoms with van der Waals surface area (Å²) in [6.07, 6.45) is 0. The molecule has 28 heavy (non-hydrogen) atoms. The number of anilines is 1. The van der Waals surface area contributed by atoms with Crippen LogP contribution in [0.25, 0.3) is 11.3 Å².